The zero-order valence-electron chi connectivity index (χ0n) is 17.6. The number of anilines is 2. The molecule has 3 N–H and O–H groups in total. The lowest BCUT2D eigenvalue weighted by molar-refractivity contribution is 0.399. The highest BCUT2D eigenvalue weighted by Crippen LogP contribution is 2.35. The molecule has 32 heavy (non-hydrogen) atoms. The molecular weight excluding hydrogens is 400 g/mol. The quantitative estimate of drug-likeness (QED) is 0.413. The maximum absolute atomic E-state index is 6.09. The normalized spacial score (nSPS) is 10.9. The van der Waals surface area contributed by atoms with Gasteiger partial charge in [-0.15, -0.1) is 0 Å². The van der Waals surface area contributed by atoms with Crippen LogP contribution in [-0.4, -0.2) is 26.6 Å². The molecule has 158 valence electrons. The van der Waals surface area contributed by atoms with Crippen LogP contribution in [0.25, 0.3) is 28.2 Å². The van der Waals surface area contributed by atoms with E-state index in [1.165, 1.54) is 0 Å². The fraction of sp³-hybridized carbons (Fsp3) is 0.0800. The first-order valence-corrected chi connectivity index (χ1v) is 10.3. The third kappa shape index (κ3) is 3.60. The van der Waals surface area contributed by atoms with E-state index in [9.17, 15) is 0 Å². The van der Waals surface area contributed by atoms with Crippen LogP contribution in [0.5, 0.6) is 5.88 Å². The van der Waals surface area contributed by atoms with Gasteiger partial charge in [0.05, 0.1) is 18.1 Å². The van der Waals surface area contributed by atoms with Gasteiger partial charge in [0.25, 0.3) is 0 Å². The summed E-state index contributed by atoms with van der Waals surface area (Å²) in [6, 6.07) is 28.1. The molecule has 0 bridgehead atoms. The molecule has 0 aliphatic heterocycles. The molecule has 0 amide bonds. The summed E-state index contributed by atoms with van der Waals surface area (Å²) < 4.78 is 7.58. The Bertz CT molecular complexity index is 1370. The molecule has 0 radical (unpaired) electrons. The highest BCUT2D eigenvalue weighted by atomic mass is 16.5. The van der Waals surface area contributed by atoms with E-state index in [0.29, 0.717) is 23.9 Å². The molecule has 7 heteroatoms. The SMILES string of the molecule is COc1nc(N)nc(-n2c(-c3ccccc3)nc3ccccc32)c1NCc1ccccc1. The number of nitrogens with two attached hydrogens (primary N) is 1. The van der Waals surface area contributed by atoms with Crippen LogP contribution in [0.2, 0.25) is 0 Å². The maximum atomic E-state index is 6.09. The number of ether oxygens (including phenoxy) is 1. The van der Waals surface area contributed by atoms with Crippen molar-refractivity contribution in [3.63, 3.8) is 0 Å². The molecule has 7 nitrogen and oxygen atoms in total. The fourth-order valence-corrected chi connectivity index (χ4v) is 3.72. The molecule has 5 aromatic rings. The molecule has 0 spiro atoms. The largest absolute Gasteiger partial charge is 0.479 e. The minimum Gasteiger partial charge on any atom is -0.479 e. The highest BCUT2D eigenvalue weighted by Gasteiger charge is 2.22. The summed E-state index contributed by atoms with van der Waals surface area (Å²) in [7, 11) is 1.57. The van der Waals surface area contributed by atoms with Gasteiger partial charge in [-0.05, 0) is 17.7 Å². The van der Waals surface area contributed by atoms with E-state index in [1.807, 2.05) is 77.4 Å². The van der Waals surface area contributed by atoms with Gasteiger partial charge in [-0.2, -0.15) is 9.97 Å². The molecule has 2 heterocycles. The summed E-state index contributed by atoms with van der Waals surface area (Å²) in [6.07, 6.45) is 0. The molecule has 0 atom stereocenters. The highest BCUT2D eigenvalue weighted by molar-refractivity contribution is 5.85. The van der Waals surface area contributed by atoms with Gasteiger partial charge in [-0.3, -0.25) is 4.57 Å². The Labute approximate surface area is 185 Å². The van der Waals surface area contributed by atoms with E-state index >= 15 is 0 Å². The first kappa shape index (κ1) is 19.6. The Morgan fingerprint density at radius 1 is 0.844 bits per heavy atom. The number of rotatable bonds is 6. The number of hydrogen-bond donors (Lipinski definition) is 2. The first-order chi connectivity index (χ1) is 15.7. The molecular formula is C25H22N6O. The van der Waals surface area contributed by atoms with Crippen LogP contribution in [0.1, 0.15) is 5.56 Å². The van der Waals surface area contributed by atoms with Gasteiger partial charge in [0.2, 0.25) is 11.8 Å². The van der Waals surface area contributed by atoms with Crippen LogP contribution >= 0.6 is 0 Å². The van der Waals surface area contributed by atoms with Crippen molar-refractivity contribution in [1.82, 2.24) is 19.5 Å². The Hall–Kier alpha value is -4.39. The van der Waals surface area contributed by atoms with E-state index in [0.717, 1.165) is 28.0 Å². The van der Waals surface area contributed by atoms with Crippen molar-refractivity contribution >= 4 is 22.7 Å². The zero-order chi connectivity index (χ0) is 21.9. The number of hydrogen-bond acceptors (Lipinski definition) is 6. The topological polar surface area (TPSA) is 90.9 Å². The smallest absolute Gasteiger partial charge is 0.244 e. The third-order valence-corrected chi connectivity index (χ3v) is 5.18. The average Bonchev–Trinajstić information content (AvgIpc) is 3.23. The van der Waals surface area contributed by atoms with Crippen LogP contribution < -0.4 is 15.8 Å². The number of methoxy groups -OCH3 is 1. The van der Waals surface area contributed by atoms with Gasteiger partial charge >= 0.3 is 0 Å². The van der Waals surface area contributed by atoms with Gasteiger partial charge < -0.3 is 15.8 Å². The molecule has 0 saturated carbocycles. The van der Waals surface area contributed by atoms with Crippen LogP contribution in [0.3, 0.4) is 0 Å². The van der Waals surface area contributed by atoms with Crippen molar-refractivity contribution in [2.75, 3.05) is 18.2 Å². The summed E-state index contributed by atoms with van der Waals surface area (Å²) in [5.41, 5.74) is 10.6. The molecule has 0 aliphatic carbocycles. The Kier molecular flexibility index (Phi) is 5.13. The van der Waals surface area contributed by atoms with Gasteiger partial charge in [-0.25, -0.2) is 4.98 Å². The van der Waals surface area contributed by atoms with E-state index in [-0.39, 0.29) is 5.95 Å². The van der Waals surface area contributed by atoms with Crippen LogP contribution in [0, 0.1) is 0 Å². The summed E-state index contributed by atoms with van der Waals surface area (Å²) >= 11 is 0. The lowest BCUT2D eigenvalue weighted by Gasteiger charge is -2.17. The molecule has 3 aromatic carbocycles. The van der Waals surface area contributed by atoms with Crippen molar-refractivity contribution in [2.45, 2.75) is 6.54 Å². The molecule has 0 saturated heterocycles. The van der Waals surface area contributed by atoms with Crippen molar-refractivity contribution in [3.05, 3.63) is 90.5 Å². The predicted octanol–water partition coefficient (Wildman–Crippen LogP) is 4.69. The molecule has 0 unspecified atom stereocenters. The van der Waals surface area contributed by atoms with Crippen LogP contribution in [0.15, 0.2) is 84.9 Å². The van der Waals surface area contributed by atoms with Gasteiger partial charge in [-0.1, -0.05) is 72.8 Å². The van der Waals surface area contributed by atoms with E-state index in [1.54, 1.807) is 7.11 Å². The molecule has 2 aromatic heterocycles. The number of benzene rings is 3. The summed E-state index contributed by atoms with van der Waals surface area (Å²) in [5.74, 6) is 1.84. The summed E-state index contributed by atoms with van der Waals surface area (Å²) in [6.45, 7) is 0.574. The Balaban J connectivity index is 1.73. The van der Waals surface area contributed by atoms with Crippen molar-refractivity contribution in [1.29, 1.82) is 0 Å². The minimum atomic E-state index is 0.124. The Morgan fingerprint density at radius 3 is 2.28 bits per heavy atom. The number of para-hydroxylation sites is 2. The zero-order valence-corrected chi connectivity index (χ0v) is 17.6. The molecule has 5 rings (SSSR count). The van der Waals surface area contributed by atoms with Gasteiger partial charge in [0, 0.05) is 12.1 Å². The predicted molar refractivity (Wildman–Crippen MR) is 127 cm³/mol. The Morgan fingerprint density at radius 2 is 1.53 bits per heavy atom. The van der Waals surface area contributed by atoms with E-state index in [4.69, 9.17) is 15.5 Å². The second kappa shape index (κ2) is 8.39. The second-order valence-corrected chi connectivity index (χ2v) is 7.25. The minimum absolute atomic E-state index is 0.124. The average molecular weight is 422 g/mol. The number of nitrogen functional groups attached to an aromatic ring is 1. The monoisotopic (exact) mass is 422 g/mol. The number of nitrogens with zero attached hydrogens (tertiary/aromatic N) is 4. The third-order valence-electron chi connectivity index (χ3n) is 5.18. The van der Waals surface area contributed by atoms with E-state index < -0.39 is 0 Å². The van der Waals surface area contributed by atoms with Gasteiger partial charge in [0.15, 0.2) is 5.82 Å². The lowest BCUT2D eigenvalue weighted by atomic mass is 10.2. The second-order valence-electron chi connectivity index (χ2n) is 7.25. The lowest BCUT2D eigenvalue weighted by Crippen LogP contribution is -2.12. The molecule has 0 fully saturated rings. The number of aromatic nitrogens is 4. The van der Waals surface area contributed by atoms with Crippen molar-refractivity contribution < 1.29 is 4.74 Å². The van der Waals surface area contributed by atoms with Gasteiger partial charge in [0.1, 0.15) is 11.5 Å². The van der Waals surface area contributed by atoms with Crippen LogP contribution in [0.4, 0.5) is 11.6 Å². The standard InChI is InChI=1S/C25H22N6O/c1-32-24-21(27-16-17-10-4-2-5-11-17)23(29-25(26)30-24)31-20-15-9-8-14-19(20)28-22(31)18-12-6-3-7-13-18/h2-15,27H,16H2,1H3,(H2,26,29,30). The van der Waals surface area contributed by atoms with Crippen LogP contribution in [-0.2, 0) is 6.54 Å². The summed E-state index contributed by atoms with van der Waals surface area (Å²) in [5, 5.41) is 3.45. The van der Waals surface area contributed by atoms with E-state index in [2.05, 4.69) is 27.4 Å². The number of fused-ring (bicyclic) bond motifs is 1. The number of nitrogens with one attached hydrogen (secondary N) is 1. The van der Waals surface area contributed by atoms with Crippen molar-refractivity contribution in [3.8, 4) is 23.1 Å². The molecule has 0 aliphatic rings. The van der Waals surface area contributed by atoms with Crippen molar-refractivity contribution in [2.24, 2.45) is 0 Å². The summed E-state index contributed by atoms with van der Waals surface area (Å²) in [4.78, 5) is 13.8. The first-order valence-electron chi connectivity index (χ1n) is 10.3. The maximum Gasteiger partial charge on any atom is 0.244 e. The fourth-order valence-electron chi connectivity index (χ4n) is 3.72. The number of imidazole rings is 1.